The number of rotatable bonds is 6. The van der Waals surface area contributed by atoms with E-state index in [1.54, 1.807) is 18.2 Å². The van der Waals surface area contributed by atoms with Gasteiger partial charge in [0.25, 0.3) is 5.91 Å². The predicted octanol–water partition coefficient (Wildman–Crippen LogP) is 1.43. The number of carboxylic acid groups (broad SMARTS) is 1. The molecular formula is C17H21N3O4. The summed E-state index contributed by atoms with van der Waals surface area (Å²) in [5.41, 5.74) is 6.92. The van der Waals surface area contributed by atoms with Crippen LogP contribution in [0.4, 0.5) is 0 Å². The maximum atomic E-state index is 12.5. The molecule has 0 saturated heterocycles. The molecule has 0 radical (unpaired) electrons. The van der Waals surface area contributed by atoms with E-state index in [9.17, 15) is 14.7 Å². The summed E-state index contributed by atoms with van der Waals surface area (Å²) in [5.74, 6) is -0.931. The highest BCUT2D eigenvalue weighted by Gasteiger charge is 2.34. The first-order chi connectivity index (χ1) is 11.3. The first kappa shape index (κ1) is 17.7. The van der Waals surface area contributed by atoms with Gasteiger partial charge in [0, 0.05) is 0 Å². The minimum absolute atomic E-state index is 0.116. The van der Waals surface area contributed by atoms with Crippen LogP contribution in [0.2, 0.25) is 0 Å². The Bertz CT molecular complexity index is 692. The van der Waals surface area contributed by atoms with E-state index in [4.69, 9.17) is 10.8 Å². The van der Waals surface area contributed by atoms with Crippen molar-refractivity contribution in [2.45, 2.75) is 26.3 Å². The van der Waals surface area contributed by atoms with E-state index in [0.29, 0.717) is 12.0 Å². The lowest BCUT2D eigenvalue weighted by molar-refractivity contribution is -0.140. The standard InChI is InChI=1S/C17H21N3O4/c1-10(2)7-13(18)16-19-14(17(24)20(16)9-15(22)23)8-11-3-5-12(21)6-4-11/h3-6,8,10,13,21H,7,9,18H2,1-2H3,(H,22,23)/b14-8-/t13-/m0/s1. The molecule has 1 atom stereocenters. The van der Waals surface area contributed by atoms with Crippen LogP contribution in [0.1, 0.15) is 25.8 Å². The van der Waals surface area contributed by atoms with E-state index in [-0.39, 0.29) is 23.2 Å². The molecule has 0 aliphatic carbocycles. The molecule has 0 spiro atoms. The third-order valence-electron chi connectivity index (χ3n) is 3.52. The molecule has 1 amide bonds. The van der Waals surface area contributed by atoms with Crippen LogP contribution in [0.15, 0.2) is 35.0 Å². The number of benzene rings is 1. The molecule has 1 heterocycles. The number of hydrogen-bond donors (Lipinski definition) is 3. The van der Waals surface area contributed by atoms with Crippen LogP contribution in [-0.4, -0.2) is 45.4 Å². The van der Waals surface area contributed by atoms with E-state index in [1.807, 2.05) is 13.8 Å². The SMILES string of the molecule is CC(C)C[C@H](N)C1=N/C(=C\c2ccc(O)cc2)C(=O)N1CC(=O)O. The predicted molar refractivity (Wildman–Crippen MR) is 90.3 cm³/mol. The van der Waals surface area contributed by atoms with E-state index in [2.05, 4.69) is 4.99 Å². The van der Waals surface area contributed by atoms with Gasteiger partial charge in [-0.15, -0.1) is 0 Å². The number of nitrogens with two attached hydrogens (primary N) is 1. The molecule has 1 aromatic rings. The number of carboxylic acids is 1. The first-order valence-corrected chi connectivity index (χ1v) is 7.66. The molecule has 1 aromatic carbocycles. The lowest BCUT2D eigenvalue weighted by Crippen LogP contribution is -2.46. The number of aliphatic carboxylic acids is 1. The Morgan fingerprint density at radius 3 is 2.50 bits per heavy atom. The van der Waals surface area contributed by atoms with Gasteiger partial charge >= 0.3 is 5.97 Å². The summed E-state index contributed by atoms with van der Waals surface area (Å²) in [4.78, 5) is 28.9. The lowest BCUT2D eigenvalue weighted by atomic mass is 10.0. The second kappa shape index (κ2) is 7.27. The summed E-state index contributed by atoms with van der Waals surface area (Å²) in [6.07, 6.45) is 2.14. The molecule has 7 nitrogen and oxygen atoms in total. The zero-order chi connectivity index (χ0) is 17.9. The quantitative estimate of drug-likeness (QED) is 0.682. The molecule has 0 saturated carbocycles. The zero-order valence-electron chi connectivity index (χ0n) is 13.6. The summed E-state index contributed by atoms with van der Waals surface area (Å²) < 4.78 is 0. The number of phenolic OH excluding ortho intramolecular Hbond substituents is 1. The smallest absolute Gasteiger partial charge is 0.323 e. The van der Waals surface area contributed by atoms with Crippen molar-refractivity contribution < 1.29 is 19.8 Å². The molecule has 128 valence electrons. The average Bonchev–Trinajstić information content (AvgIpc) is 2.78. The molecule has 0 bridgehead atoms. The van der Waals surface area contributed by atoms with Crippen molar-refractivity contribution in [1.29, 1.82) is 0 Å². The number of aliphatic imine (C=N–C) groups is 1. The molecule has 0 unspecified atom stereocenters. The van der Waals surface area contributed by atoms with E-state index in [1.165, 1.54) is 12.1 Å². The maximum absolute atomic E-state index is 12.5. The van der Waals surface area contributed by atoms with Gasteiger partial charge in [0.2, 0.25) is 0 Å². The first-order valence-electron chi connectivity index (χ1n) is 7.66. The number of carbonyl (C=O) groups is 2. The minimum Gasteiger partial charge on any atom is -0.508 e. The Balaban J connectivity index is 2.34. The molecule has 24 heavy (non-hydrogen) atoms. The number of phenols is 1. The van der Waals surface area contributed by atoms with Crippen LogP contribution in [0.25, 0.3) is 6.08 Å². The minimum atomic E-state index is -1.13. The summed E-state index contributed by atoms with van der Waals surface area (Å²) in [5, 5.41) is 18.3. The van der Waals surface area contributed by atoms with Crippen molar-refractivity contribution in [3.63, 3.8) is 0 Å². The second-order valence-corrected chi connectivity index (χ2v) is 6.11. The van der Waals surface area contributed by atoms with Crippen molar-refractivity contribution in [3.05, 3.63) is 35.5 Å². The van der Waals surface area contributed by atoms with Gasteiger partial charge in [-0.2, -0.15) is 0 Å². The van der Waals surface area contributed by atoms with E-state index in [0.717, 1.165) is 4.90 Å². The van der Waals surface area contributed by atoms with Gasteiger partial charge in [0.1, 0.15) is 23.8 Å². The number of aromatic hydroxyl groups is 1. The molecular weight excluding hydrogens is 310 g/mol. The average molecular weight is 331 g/mol. The Morgan fingerprint density at radius 1 is 1.33 bits per heavy atom. The molecule has 0 fully saturated rings. The topological polar surface area (TPSA) is 116 Å². The van der Waals surface area contributed by atoms with Crippen LogP contribution in [0, 0.1) is 5.92 Å². The van der Waals surface area contributed by atoms with Gasteiger partial charge < -0.3 is 15.9 Å². The number of carbonyl (C=O) groups excluding carboxylic acids is 1. The van der Waals surface area contributed by atoms with Gasteiger partial charge in [-0.3, -0.25) is 14.5 Å². The van der Waals surface area contributed by atoms with Crippen molar-refractivity contribution in [2.24, 2.45) is 16.6 Å². The summed E-state index contributed by atoms with van der Waals surface area (Å²) in [6.45, 7) is 3.51. The Labute approximate surface area is 140 Å². The fourth-order valence-electron chi connectivity index (χ4n) is 2.48. The summed E-state index contributed by atoms with van der Waals surface area (Å²) in [7, 11) is 0. The molecule has 1 aliphatic heterocycles. The number of amidine groups is 1. The van der Waals surface area contributed by atoms with Crippen molar-refractivity contribution in [3.8, 4) is 5.75 Å². The highest BCUT2D eigenvalue weighted by molar-refractivity contribution is 6.16. The highest BCUT2D eigenvalue weighted by Crippen LogP contribution is 2.22. The second-order valence-electron chi connectivity index (χ2n) is 6.11. The lowest BCUT2D eigenvalue weighted by Gasteiger charge is -2.21. The molecule has 4 N–H and O–H groups in total. The Morgan fingerprint density at radius 2 is 1.96 bits per heavy atom. The van der Waals surface area contributed by atoms with Crippen LogP contribution >= 0.6 is 0 Å². The highest BCUT2D eigenvalue weighted by atomic mass is 16.4. The summed E-state index contributed by atoms with van der Waals surface area (Å²) >= 11 is 0. The third-order valence-corrected chi connectivity index (χ3v) is 3.52. The fraction of sp³-hybridized carbons (Fsp3) is 0.353. The molecule has 1 aliphatic rings. The molecule has 0 aromatic heterocycles. The summed E-state index contributed by atoms with van der Waals surface area (Å²) in [6, 6.07) is 5.75. The van der Waals surface area contributed by atoms with E-state index >= 15 is 0 Å². The molecule has 7 heteroatoms. The van der Waals surface area contributed by atoms with Crippen molar-refractivity contribution in [1.82, 2.24) is 4.90 Å². The van der Waals surface area contributed by atoms with Gasteiger partial charge in [0.15, 0.2) is 0 Å². The van der Waals surface area contributed by atoms with Gasteiger partial charge in [0.05, 0.1) is 6.04 Å². The normalized spacial score (nSPS) is 17.5. The largest absolute Gasteiger partial charge is 0.508 e. The van der Waals surface area contributed by atoms with Gasteiger partial charge in [-0.05, 0) is 36.1 Å². The van der Waals surface area contributed by atoms with Crippen LogP contribution < -0.4 is 5.73 Å². The number of nitrogens with zero attached hydrogens (tertiary/aromatic N) is 2. The van der Waals surface area contributed by atoms with Gasteiger partial charge in [-0.1, -0.05) is 26.0 Å². The Hall–Kier alpha value is -2.67. The number of hydrogen-bond acceptors (Lipinski definition) is 5. The molecule has 2 rings (SSSR count). The van der Waals surface area contributed by atoms with Gasteiger partial charge in [-0.25, -0.2) is 4.99 Å². The van der Waals surface area contributed by atoms with Crippen molar-refractivity contribution in [2.75, 3.05) is 6.54 Å². The number of amides is 1. The van der Waals surface area contributed by atoms with Crippen molar-refractivity contribution >= 4 is 23.8 Å². The van der Waals surface area contributed by atoms with Crippen LogP contribution in [-0.2, 0) is 9.59 Å². The monoisotopic (exact) mass is 331 g/mol. The van der Waals surface area contributed by atoms with Crippen LogP contribution in [0.3, 0.4) is 0 Å². The zero-order valence-corrected chi connectivity index (χ0v) is 13.6. The maximum Gasteiger partial charge on any atom is 0.323 e. The third kappa shape index (κ3) is 4.20. The fourth-order valence-corrected chi connectivity index (χ4v) is 2.48. The van der Waals surface area contributed by atoms with E-state index < -0.39 is 24.5 Å². The van der Waals surface area contributed by atoms with Crippen LogP contribution in [0.5, 0.6) is 5.75 Å². The Kier molecular flexibility index (Phi) is 5.35.